The molecule has 0 aromatic rings. The molecule has 0 aromatic carbocycles. The Morgan fingerprint density at radius 3 is 1.30 bits per heavy atom. The summed E-state index contributed by atoms with van der Waals surface area (Å²) in [5, 5.41) is 5.76. The SMILES string of the molecule is CC(=S)N(N(C)C)N(C)C. The van der Waals surface area contributed by atoms with Crippen LogP contribution >= 0.6 is 12.2 Å². The lowest BCUT2D eigenvalue weighted by Crippen LogP contribution is -2.48. The summed E-state index contributed by atoms with van der Waals surface area (Å²) >= 11 is 5.01. The van der Waals surface area contributed by atoms with Crippen LogP contribution in [0.1, 0.15) is 6.92 Å². The Morgan fingerprint density at radius 1 is 1.00 bits per heavy atom. The Bertz CT molecular complexity index is 114. The van der Waals surface area contributed by atoms with Crippen LogP contribution < -0.4 is 0 Å². The molecule has 10 heavy (non-hydrogen) atoms. The van der Waals surface area contributed by atoms with Gasteiger partial charge in [-0.1, -0.05) is 12.2 Å². The molecule has 0 saturated heterocycles. The van der Waals surface area contributed by atoms with E-state index in [2.05, 4.69) is 0 Å². The molecule has 0 spiro atoms. The molecule has 0 unspecified atom stereocenters. The Labute approximate surface area is 68.1 Å². The second-order valence-corrected chi connectivity index (χ2v) is 3.09. The molecule has 0 aliphatic carbocycles. The van der Waals surface area contributed by atoms with Gasteiger partial charge in [0.05, 0.1) is 0 Å². The van der Waals surface area contributed by atoms with E-state index in [4.69, 9.17) is 12.2 Å². The van der Waals surface area contributed by atoms with Crippen LogP contribution in [0.25, 0.3) is 0 Å². The van der Waals surface area contributed by atoms with Crippen molar-refractivity contribution in [3.8, 4) is 0 Å². The van der Waals surface area contributed by atoms with Crippen molar-refractivity contribution in [2.45, 2.75) is 6.92 Å². The Balaban J connectivity index is 4.12. The quantitative estimate of drug-likeness (QED) is 0.433. The zero-order valence-electron chi connectivity index (χ0n) is 7.25. The maximum absolute atomic E-state index is 5.01. The summed E-state index contributed by atoms with van der Waals surface area (Å²) in [5.74, 6) is 0. The van der Waals surface area contributed by atoms with E-state index in [1.165, 1.54) is 0 Å². The number of rotatable bonds is 2. The summed E-state index contributed by atoms with van der Waals surface area (Å²) in [6, 6.07) is 0. The standard InChI is InChI=1S/C6H15N3S/c1-6(10)9(7(2)3)8(4)5/h1-5H3. The summed E-state index contributed by atoms with van der Waals surface area (Å²) in [6.07, 6.45) is 0. The smallest absolute Gasteiger partial charge is 0.107 e. The highest BCUT2D eigenvalue weighted by Gasteiger charge is 2.08. The fraction of sp³-hybridized carbons (Fsp3) is 0.833. The lowest BCUT2D eigenvalue weighted by Gasteiger charge is -2.34. The first-order valence-electron chi connectivity index (χ1n) is 3.12. The van der Waals surface area contributed by atoms with Crippen molar-refractivity contribution < 1.29 is 0 Å². The number of nitrogens with zero attached hydrogens (tertiary/aromatic N) is 3. The molecule has 0 rings (SSSR count). The molecule has 0 aliphatic heterocycles. The third-order valence-electron chi connectivity index (χ3n) is 1.04. The van der Waals surface area contributed by atoms with Gasteiger partial charge in [-0.25, -0.2) is 15.1 Å². The molecule has 4 heteroatoms. The summed E-state index contributed by atoms with van der Waals surface area (Å²) in [5.41, 5.74) is 0. The summed E-state index contributed by atoms with van der Waals surface area (Å²) in [4.78, 5) is 0.843. The van der Waals surface area contributed by atoms with Gasteiger partial charge in [-0.3, -0.25) is 0 Å². The molecule has 60 valence electrons. The van der Waals surface area contributed by atoms with Crippen LogP contribution in [-0.4, -0.2) is 48.3 Å². The van der Waals surface area contributed by atoms with Crippen LogP contribution in [0.4, 0.5) is 0 Å². The van der Waals surface area contributed by atoms with Crippen LogP contribution in [0.5, 0.6) is 0 Å². The number of hydrazine groups is 2. The molecule has 0 atom stereocenters. The highest BCUT2D eigenvalue weighted by Crippen LogP contribution is 1.95. The van der Waals surface area contributed by atoms with E-state index >= 15 is 0 Å². The van der Waals surface area contributed by atoms with Crippen molar-refractivity contribution in [1.29, 1.82) is 0 Å². The van der Waals surface area contributed by atoms with Crippen molar-refractivity contribution in [2.24, 2.45) is 0 Å². The Hall–Kier alpha value is -0.190. The molecule has 0 N–H and O–H groups in total. The molecule has 0 aromatic heterocycles. The van der Waals surface area contributed by atoms with Gasteiger partial charge in [-0.2, -0.15) is 0 Å². The third kappa shape index (κ3) is 2.60. The first kappa shape index (κ1) is 9.81. The third-order valence-corrected chi connectivity index (χ3v) is 1.20. The second kappa shape index (κ2) is 3.85. The van der Waals surface area contributed by atoms with E-state index in [9.17, 15) is 0 Å². The maximum atomic E-state index is 5.01. The fourth-order valence-electron chi connectivity index (χ4n) is 0.921. The van der Waals surface area contributed by atoms with Crippen LogP contribution in [-0.2, 0) is 0 Å². The molecule has 0 amide bonds. The van der Waals surface area contributed by atoms with Gasteiger partial charge in [-0.15, -0.1) is 0 Å². The van der Waals surface area contributed by atoms with E-state index in [1.807, 2.05) is 50.3 Å². The zero-order chi connectivity index (χ0) is 8.31. The Kier molecular flexibility index (Phi) is 3.78. The molecule has 0 radical (unpaired) electrons. The summed E-state index contributed by atoms with van der Waals surface area (Å²) < 4.78 is 0. The molecular weight excluding hydrogens is 146 g/mol. The van der Waals surface area contributed by atoms with E-state index in [0.29, 0.717) is 0 Å². The van der Waals surface area contributed by atoms with Gasteiger partial charge >= 0.3 is 0 Å². The van der Waals surface area contributed by atoms with Gasteiger partial charge in [0.25, 0.3) is 0 Å². The van der Waals surface area contributed by atoms with E-state index < -0.39 is 0 Å². The van der Waals surface area contributed by atoms with Gasteiger partial charge in [0.15, 0.2) is 0 Å². The lowest BCUT2D eigenvalue weighted by molar-refractivity contribution is -0.0593. The topological polar surface area (TPSA) is 9.72 Å². The zero-order valence-corrected chi connectivity index (χ0v) is 8.07. The van der Waals surface area contributed by atoms with Gasteiger partial charge in [0.2, 0.25) is 0 Å². The predicted octanol–water partition coefficient (Wildman–Crippen LogP) is 0.589. The van der Waals surface area contributed by atoms with Gasteiger partial charge in [-0.05, 0) is 6.92 Å². The molecule has 0 saturated carbocycles. The highest BCUT2D eigenvalue weighted by molar-refractivity contribution is 7.80. The molecule has 3 nitrogen and oxygen atoms in total. The predicted molar refractivity (Wildman–Crippen MR) is 47.5 cm³/mol. The van der Waals surface area contributed by atoms with Gasteiger partial charge in [0, 0.05) is 28.2 Å². The number of thiocarbonyl (C=S) groups is 1. The van der Waals surface area contributed by atoms with E-state index in [0.717, 1.165) is 4.99 Å². The minimum Gasteiger partial charge on any atom is -0.231 e. The van der Waals surface area contributed by atoms with Gasteiger partial charge in [0.1, 0.15) is 4.99 Å². The summed E-state index contributed by atoms with van der Waals surface area (Å²) in [7, 11) is 7.82. The summed E-state index contributed by atoms with van der Waals surface area (Å²) in [6.45, 7) is 1.90. The van der Waals surface area contributed by atoms with Gasteiger partial charge < -0.3 is 0 Å². The average Bonchev–Trinajstić information content (AvgIpc) is 1.59. The average molecular weight is 161 g/mol. The first-order valence-corrected chi connectivity index (χ1v) is 3.52. The molecule has 0 fully saturated rings. The fourth-order valence-corrected chi connectivity index (χ4v) is 1.25. The largest absolute Gasteiger partial charge is 0.231 e. The van der Waals surface area contributed by atoms with Crippen molar-refractivity contribution in [3.05, 3.63) is 0 Å². The second-order valence-electron chi connectivity index (χ2n) is 2.50. The van der Waals surface area contributed by atoms with Crippen molar-refractivity contribution in [2.75, 3.05) is 28.2 Å². The monoisotopic (exact) mass is 161 g/mol. The lowest BCUT2D eigenvalue weighted by atomic mass is 10.7. The van der Waals surface area contributed by atoms with E-state index in [-0.39, 0.29) is 0 Å². The number of hydrogen-bond acceptors (Lipinski definition) is 3. The Morgan fingerprint density at radius 2 is 1.30 bits per heavy atom. The van der Waals surface area contributed by atoms with Crippen LogP contribution in [0, 0.1) is 0 Å². The normalized spacial score (nSPS) is 10.7. The van der Waals surface area contributed by atoms with Crippen LogP contribution in [0.2, 0.25) is 0 Å². The minimum atomic E-state index is 0.843. The maximum Gasteiger partial charge on any atom is 0.107 e. The highest BCUT2D eigenvalue weighted by atomic mass is 32.1. The number of hydrogen-bond donors (Lipinski definition) is 0. The van der Waals surface area contributed by atoms with Crippen molar-refractivity contribution in [3.63, 3.8) is 0 Å². The van der Waals surface area contributed by atoms with Crippen molar-refractivity contribution in [1.82, 2.24) is 15.1 Å². The van der Waals surface area contributed by atoms with Crippen molar-refractivity contribution >= 4 is 17.2 Å². The molecule has 0 bridgehead atoms. The molecule has 0 heterocycles. The minimum absolute atomic E-state index is 0.843. The molecular formula is C6H15N3S. The van der Waals surface area contributed by atoms with Crippen LogP contribution in [0.15, 0.2) is 0 Å². The van der Waals surface area contributed by atoms with Crippen LogP contribution in [0.3, 0.4) is 0 Å². The van der Waals surface area contributed by atoms with E-state index in [1.54, 1.807) is 0 Å². The molecule has 0 aliphatic rings. The first-order chi connectivity index (χ1) is 4.46.